The first-order chi connectivity index (χ1) is 18.4. The van der Waals surface area contributed by atoms with Gasteiger partial charge in [0.05, 0.1) is 0 Å². The number of ether oxygens (including phenoxy) is 1. The van der Waals surface area contributed by atoms with Gasteiger partial charge in [0.2, 0.25) is 0 Å². The number of hydrogen-bond acceptors (Lipinski definition) is 2. The van der Waals surface area contributed by atoms with Gasteiger partial charge in [0, 0.05) is 22.6 Å². The molecule has 0 aromatic heterocycles. The number of anilines is 3. The third-order valence-electron chi connectivity index (χ3n) is 8.08. The van der Waals surface area contributed by atoms with Gasteiger partial charge in [0.1, 0.15) is 11.5 Å². The van der Waals surface area contributed by atoms with Crippen LogP contribution < -0.4 is 26.0 Å². The summed E-state index contributed by atoms with van der Waals surface area (Å²) in [4.78, 5) is 2.46. The molecule has 184 valence electrons. The van der Waals surface area contributed by atoms with Crippen molar-refractivity contribution in [2.24, 2.45) is 0 Å². The Bertz CT molecular complexity index is 1750. The van der Waals surface area contributed by atoms with Gasteiger partial charge in [0.25, 0.3) is 6.71 Å². The van der Waals surface area contributed by atoms with E-state index in [0.29, 0.717) is 0 Å². The second-order valence-electron chi connectivity index (χ2n) is 11.0. The average Bonchev–Trinajstić information content (AvgIpc) is 2.88. The van der Waals surface area contributed by atoms with Gasteiger partial charge in [-0.2, -0.15) is 0 Å². The lowest BCUT2D eigenvalue weighted by atomic mass is 9.33. The second-order valence-corrected chi connectivity index (χ2v) is 11.0. The summed E-state index contributed by atoms with van der Waals surface area (Å²) in [6.45, 7) is 11.1. The van der Waals surface area contributed by atoms with Crippen molar-refractivity contribution in [2.45, 2.75) is 34.6 Å². The third-order valence-corrected chi connectivity index (χ3v) is 8.08. The Morgan fingerprint density at radius 1 is 0.579 bits per heavy atom. The van der Waals surface area contributed by atoms with E-state index in [1.54, 1.807) is 0 Å². The average molecular weight is 491 g/mol. The Kier molecular flexibility index (Phi) is 5.06. The van der Waals surface area contributed by atoms with Gasteiger partial charge in [-0.15, -0.1) is 0 Å². The van der Waals surface area contributed by atoms with Gasteiger partial charge >= 0.3 is 0 Å². The lowest BCUT2D eigenvalue weighted by molar-refractivity contribution is 0.489. The van der Waals surface area contributed by atoms with Gasteiger partial charge in [-0.05, 0) is 115 Å². The van der Waals surface area contributed by atoms with E-state index >= 15 is 0 Å². The van der Waals surface area contributed by atoms with Crippen molar-refractivity contribution < 1.29 is 4.74 Å². The molecule has 0 radical (unpaired) electrons. The molecule has 0 saturated heterocycles. The van der Waals surface area contributed by atoms with Crippen molar-refractivity contribution in [3.63, 3.8) is 0 Å². The molecule has 0 saturated carbocycles. The summed E-state index contributed by atoms with van der Waals surface area (Å²) >= 11 is 0. The van der Waals surface area contributed by atoms with Crippen molar-refractivity contribution in [2.75, 3.05) is 4.90 Å². The topological polar surface area (TPSA) is 12.5 Å². The van der Waals surface area contributed by atoms with Crippen LogP contribution in [-0.4, -0.2) is 6.71 Å². The molecule has 5 aromatic rings. The standard InChI is InChI=1S/C35H30BNO/c1-21-16-22(2)19-26(18-21)37-30-15-14-28(27-11-7-6-10-24(27)4)35-34(30)36(29-12-8-9-13-32(29)38-35)33-25(5)17-23(3)20-31(33)37/h6-20H,1-5H3. The van der Waals surface area contributed by atoms with E-state index in [9.17, 15) is 0 Å². The SMILES string of the molecule is Cc1cc(C)cc(N2c3cc(C)cc(C)c3B3c4ccccc4Oc4c(-c5ccccc5C)ccc2c43)c1. The number of para-hydroxylation sites is 1. The van der Waals surface area contributed by atoms with Crippen LogP contribution >= 0.6 is 0 Å². The maximum Gasteiger partial charge on any atom is 0.256 e. The molecule has 0 spiro atoms. The number of rotatable bonds is 2. The predicted molar refractivity (Wildman–Crippen MR) is 161 cm³/mol. The zero-order valence-electron chi connectivity index (χ0n) is 22.6. The van der Waals surface area contributed by atoms with Crippen LogP contribution in [0.25, 0.3) is 11.1 Å². The molecule has 3 heteroatoms. The molecular formula is C35H30BNO. The van der Waals surface area contributed by atoms with Gasteiger partial charge in [-0.1, -0.05) is 60.2 Å². The molecule has 0 atom stereocenters. The molecule has 2 heterocycles. The van der Waals surface area contributed by atoms with E-state index < -0.39 is 0 Å². The van der Waals surface area contributed by atoms with Gasteiger partial charge in [-0.25, -0.2) is 0 Å². The lowest BCUT2D eigenvalue weighted by Crippen LogP contribution is -2.60. The molecule has 2 aliphatic rings. The molecule has 5 aromatic carbocycles. The highest BCUT2D eigenvalue weighted by Crippen LogP contribution is 2.45. The van der Waals surface area contributed by atoms with Crippen LogP contribution in [-0.2, 0) is 0 Å². The Morgan fingerprint density at radius 3 is 2.08 bits per heavy atom. The van der Waals surface area contributed by atoms with Crippen LogP contribution in [0.15, 0.2) is 91.0 Å². The van der Waals surface area contributed by atoms with E-state index in [4.69, 9.17) is 4.74 Å². The fraction of sp³-hybridized carbons (Fsp3) is 0.143. The fourth-order valence-electron chi connectivity index (χ4n) is 6.64. The van der Waals surface area contributed by atoms with Crippen LogP contribution in [0.4, 0.5) is 17.1 Å². The zero-order chi connectivity index (χ0) is 26.1. The molecule has 0 N–H and O–H groups in total. The molecule has 0 amide bonds. The van der Waals surface area contributed by atoms with E-state index in [-0.39, 0.29) is 6.71 Å². The number of benzene rings is 5. The van der Waals surface area contributed by atoms with Crippen LogP contribution in [0.5, 0.6) is 11.5 Å². The van der Waals surface area contributed by atoms with Crippen LogP contribution in [0.3, 0.4) is 0 Å². The number of nitrogens with zero attached hydrogens (tertiary/aromatic N) is 1. The molecule has 2 aliphatic heterocycles. The maximum absolute atomic E-state index is 6.85. The van der Waals surface area contributed by atoms with Crippen molar-refractivity contribution in [3.8, 4) is 22.6 Å². The quantitative estimate of drug-likeness (QED) is 0.235. The van der Waals surface area contributed by atoms with Gasteiger partial charge in [-0.3, -0.25) is 0 Å². The first-order valence-corrected chi connectivity index (χ1v) is 13.4. The monoisotopic (exact) mass is 491 g/mol. The van der Waals surface area contributed by atoms with Gasteiger partial charge < -0.3 is 9.64 Å². The molecule has 38 heavy (non-hydrogen) atoms. The first kappa shape index (κ1) is 22.9. The van der Waals surface area contributed by atoms with E-state index in [2.05, 4.69) is 131 Å². The summed E-state index contributed by atoms with van der Waals surface area (Å²) in [7, 11) is 0. The molecule has 0 aliphatic carbocycles. The third kappa shape index (κ3) is 3.35. The van der Waals surface area contributed by atoms with Crippen LogP contribution in [0.2, 0.25) is 0 Å². The zero-order valence-corrected chi connectivity index (χ0v) is 22.6. The van der Waals surface area contributed by atoms with E-state index in [1.165, 1.54) is 66.8 Å². The summed E-state index contributed by atoms with van der Waals surface area (Å²) in [5.74, 6) is 1.92. The second kappa shape index (κ2) is 8.39. The Hall–Kier alpha value is -4.24. The number of hydrogen-bond donors (Lipinski definition) is 0. The fourth-order valence-corrected chi connectivity index (χ4v) is 6.64. The first-order valence-electron chi connectivity index (χ1n) is 13.4. The smallest absolute Gasteiger partial charge is 0.256 e. The van der Waals surface area contributed by atoms with Crippen molar-refractivity contribution in [3.05, 3.63) is 119 Å². The summed E-state index contributed by atoms with van der Waals surface area (Å²) in [6.07, 6.45) is 0. The number of aryl methyl sites for hydroxylation is 5. The van der Waals surface area contributed by atoms with Gasteiger partial charge in [0.15, 0.2) is 0 Å². The normalized spacial score (nSPS) is 13.0. The highest BCUT2D eigenvalue weighted by molar-refractivity contribution is 6.99. The maximum atomic E-state index is 6.85. The predicted octanol–water partition coefficient (Wildman–Crippen LogP) is 7.30. The Morgan fingerprint density at radius 2 is 1.29 bits per heavy atom. The summed E-state index contributed by atoms with van der Waals surface area (Å²) < 4.78 is 6.85. The summed E-state index contributed by atoms with van der Waals surface area (Å²) in [5, 5.41) is 0. The van der Waals surface area contributed by atoms with Crippen molar-refractivity contribution in [1.29, 1.82) is 0 Å². The van der Waals surface area contributed by atoms with Crippen molar-refractivity contribution >= 4 is 40.2 Å². The minimum atomic E-state index is 0.103. The van der Waals surface area contributed by atoms with Crippen LogP contribution in [0.1, 0.15) is 27.8 Å². The Labute approximate surface area is 225 Å². The molecule has 2 nitrogen and oxygen atoms in total. The molecular weight excluding hydrogens is 461 g/mol. The summed E-state index contributed by atoms with van der Waals surface area (Å²) in [5.41, 5.74) is 16.2. The summed E-state index contributed by atoms with van der Waals surface area (Å²) in [6, 6.07) is 33.3. The molecule has 7 rings (SSSR count). The lowest BCUT2D eigenvalue weighted by Gasteiger charge is -2.41. The highest BCUT2D eigenvalue weighted by atomic mass is 16.5. The Balaban J connectivity index is 1.62. The van der Waals surface area contributed by atoms with E-state index in [1.807, 2.05) is 0 Å². The van der Waals surface area contributed by atoms with E-state index in [0.717, 1.165) is 17.1 Å². The minimum absolute atomic E-state index is 0.103. The largest absolute Gasteiger partial charge is 0.458 e. The highest BCUT2D eigenvalue weighted by Gasteiger charge is 2.43. The molecule has 0 unspecified atom stereocenters. The number of fused-ring (bicyclic) bond motifs is 4. The van der Waals surface area contributed by atoms with Crippen molar-refractivity contribution in [1.82, 2.24) is 0 Å². The minimum Gasteiger partial charge on any atom is -0.458 e. The van der Waals surface area contributed by atoms with Crippen LogP contribution in [0, 0.1) is 34.6 Å². The molecule has 0 fully saturated rings. The molecule has 0 bridgehead atoms.